The molecule has 2 aromatic heterocycles. The Morgan fingerprint density at radius 3 is 2.69 bits per heavy atom. The van der Waals surface area contributed by atoms with E-state index in [2.05, 4.69) is 5.32 Å². The molecule has 0 atom stereocenters. The molecule has 2 heterocycles. The first-order chi connectivity index (χ1) is 17.2. The molecule has 0 bridgehead atoms. The van der Waals surface area contributed by atoms with Gasteiger partial charge in [-0.2, -0.15) is 5.26 Å². The van der Waals surface area contributed by atoms with Crippen LogP contribution in [0.1, 0.15) is 57.5 Å². The van der Waals surface area contributed by atoms with Crippen molar-refractivity contribution in [2.75, 3.05) is 11.9 Å². The van der Waals surface area contributed by atoms with Gasteiger partial charge < -0.3 is 14.6 Å². The standard InChI is InChI=1S/C27H25Cl2N3O3S/c1-4-35-27(34)24-20-7-5-6-8-23(20)36-26(24)32-15(2)11-17(16(32)3)12-18(14-30)25(33)31-22-13-19(28)9-10-21(22)29/h9-13H,4-8H2,1-3H3,(H,31,33)/b18-12+. The average molecular weight is 542 g/mol. The highest BCUT2D eigenvalue weighted by molar-refractivity contribution is 7.15. The Labute approximate surface area is 224 Å². The van der Waals surface area contributed by atoms with Gasteiger partial charge in [0, 0.05) is 21.3 Å². The molecule has 1 amide bonds. The molecule has 0 fully saturated rings. The zero-order valence-corrected chi connectivity index (χ0v) is 22.5. The van der Waals surface area contributed by atoms with Gasteiger partial charge in [0.05, 0.1) is 22.9 Å². The molecule has 3 aromatic rings. The highest BCUT2D eigenvalue weighted by Crippen LogP contribution is 2.39. The number of nitriles is 1. The summed E-state index contributed by atoms with van der Waals surface area (Å²) in [7, 11) is 0. The number of thiophene rings is 1. The minimum atomic E-state index is -0.592. The van der Waals surface area contributed by atoms with Crippen molar-refractivity contribution in [3.05, 3.63) is 72.8 Å². The van der Waals surface area contributed by atoms with Gasteiger partial charge in [-0.1, -0.05) is 23.2 Å². The number of ether oxygens (including phenoxy) is 1. The van der Waals surface area contributed by atoms with E-state index < -0.39 is 5.91 Å². The van der Waals surface area contributed by atoms with E-state index in [9.17, 15) is 14.9 Å². The minimum absolute atomic E-state index is 0.0811. The van der Waals surface area contributed by atoms with Crippen molar-refractivity contribution in [3.63, 3.8) is 0 Å². The van der Waals surface area contributed by atoms with Crippen molar-refractivity contribution < 1.29 is 14.3 Å². The molecular weight excluding hydrogens is 517 g/mol. The van der Waals surface area contributed by atoms with E-state index in [4.69, 9.17) is 27.9 Å². The molecule has 1 aromatic carbocycles. The second kappa shape index (κ2) is 10.9. The Balaban J connectivity index is 1.74. The number of halogens is 2. The molecule has 0 unspecified atom stereocenters. The van der Waals surface area contributed by atoms with E-state index in [1.807, 2.05) is 30.6 Å². The summed E-state index contributed by atoms with van der Waals surface area (Å²) in [5, 5.41) is 13.9. The first-order valence-corrected chi connectivity index (χ1v) is 13.2. The fourth-order valence-electron chi connectivity index (χ4n) is 4.46. The summed E-state index contributed by atoms with van der Waals surface area (Å²) < 4.78 is 7.43. The highest BCUT2D eigenvalue weighted by atomic mass is 35.5. The smallest absolute Gasteiger partial charge is 0.341 e. The van der Waals surface area contributed by atoms with Gasteiger partial charge in [-0.25, -0.2) is 4.79 Å². The Morgan fingerprint density at radius 1 is 1.22 bits per heavy atom. The molecule has 4 rings (SSSR count). The third kappa shape index (κ3) is 5.08. The van der Waals surface area contributed by atoms with Crippen LogP contribution in [0, 0.1) is 25.2 Å². The SMILES string of the molecule is CCOC(=O)c1c(-n2c(C)cc(/C=C(\C#N)C(=O)Nc3cc(Cl)ccc3Cl)c2C)sc2c1CCCC2. The summed E-state index contributed by atoms with van der Waals surface area (Å²) in [6.45, 7) is 5.96. The zero-order chi connectivity index (χ0) is 26.0. The lowest BCUT2D eigenvalue weighted by Gasteiger charge is -2.13. The van der Waals surface area contributed by atoms with Crippen LogP contribution in [0.2, 0.25) is 10.0 Å². The number of rotatable bonds is 6. The number of anilines is 1. The molecule has 1 aliphatic rings. The average Bonchev–Trinajstić information content (AvgIpc) is 3.35. The molecule has 0 saturated heterocycles. The summed E-state index contributed by atoms with van der Waals surface area (Å²) in [5.74, 6) is -0.905. The highest BCUT2D eigenvalue weighted by Gasteiger charge is 2.28. The van der Waals surface area contributed by atoms with Crippen molar-refractivity contribution in [2.45, 2.75) is 46.5 Å². The van der Waals surface area contributed by atoms with E-state index >= 15 is 0 Å². The molecule has 9 heteroatoms. The number of hydrogen-bond donors (Lipinski definition) is 1. The summed E-state index contributed by atoms with van der Waals surface area (Å²) in [6, 6.07) is 8.59. The van der Waals surface area contributed by atoms with Crippen LogP contribution < -0.4 is 5.32 Å². The lowest BCUT2D eigenvalue weighted by atomic mass is 9.95. The van der Waals surface area contributed by atoms with Gasteiger partial charge in [-0.15, -0.1) is 11.3 Å². The maximum Gasteiger partial charge on any atom is 0.341 e. The van der Waals surface area contributed by atoms with E-state index in [-0.39, 0.29) is 11.5 Å². The van der Waals surface area contributed by atoms with E-state index in [0.29, 0.717) is 33.5 Å². The number of benzene rings is 1. The second-order valence-electron chi connectivity index (χ2n) is 8.52. The Bertz CT molecular complexity index is 1430. The molecule has 0 saturated carbocycles. The van der Waals surface area contributed by atoms with Crippen molar-refractivity contribution in [2.24, 2.45) is 0 Å². The molecule has 0 radical (unpaired) electrons. The summed E-state index contributed by atoms with van der Waals surface area (Å²) in [5.41, 5.74) is 4.36. The van der Waals surface area contributed by atoms with Crippen LogP contribution in [-0.4, -0.2) is 23.1 Å². The lowest BCUT2D eigenvalue weighted by molar-refractivity contribution is -0.112. The Kier molecular flexibility index (Phi) is 7.89. The molecule has 36 heavy (non-hydrogen) atoms. The van der Waals surface area contributed by atoms with E-state index in [1.54, 1.807) is 36.5 Å². The fraction of sp³-hybridized carbons (Fsp3) is 0.296. The van der Waals surface area contributed by atoms with Crippen molar-refractivity contribution in [1.29, 1.82) is 5.26 Å². The molecule has 1 N–H and O–H groups in total. The number of fused-ring (bicyclic) bond motifs is 1. The first kappa shape index (κ1) is 26.0. The van der Waals surface area contributed by atoms with Gasteiger partial charge in [0.25, 0.3) is 5.91 Å². The van der Waals surface area contributed by atoms with Gasteiger partial charge in [-0.05, 0) is 87.9 Å². The fourth-order valence-corrected chi connectivity index (χ4v) is 6.28. The maximum atomic E-state index is 13.0. The molecule has 0 spiro atoms. The normalized spacial score (nSPS) is 13.2. The van der Waals surface area contributed by atoms with Gasteiger partial charge in [0.15, 0.2) is 0 Å². The Hall–Kier alpha value is -3.05. The number of carbonyl (C=O) groups is 2. The summed E-state index contributed by atoms with van der Waals surface area (Å²) in [4.78, 5) is 27.1. The summed E-state index contributed by atoms with van der Waals surface area (Å²) in [6.07, 6.45) is 5.50. The molecule has 6 nitrogen and oxygen atoms in total. The van der Waals surface area contributed by atoms with Gasteiger partial charge >= 0.3 is 5.97 Å². The number of aryl methyl sites for hydroxylation is 2. The number of carbonyl (C=O) groups excluding carboxylic acids is 2. The predicted octanol–water partition coefficient (Wildman–Crippen LogP) is 7.06. The minimum Gasteiger partial charge on any atom is -0.462 e. The Morgan fingerprint density at radius 2 is 1.97 bits per heavy atom. The number of hydrogen-bond acceptors (Lipinski definition) is 5. The van der Waals surface area contributed by atoms with Gasteiger partial charge in [0.1, 0.15) is 16.6 Å². The summed E-state index contributed by atoms with van der Waals surface area (Å²) >= 11 is 13.8. The molecule has 0 aliphatic heterocycles. The topological polar surface area (TPSA) is 84.1 Å². The van der Waals surface area contributed by atoms with Crippen LogP contribution in [-0.2, 0) is 22.4 Å². The lowest BCUT2D eigenvalue weighted by Crippen LogP contribution is -2.14. The third-order valence-corrected chi connectivity index (χ3v) is 7.99. The zero-order valence-electron chi connectivity index (χ0n) is 20.2. The van der Waals surface area contributed by atoms with Crippen molar-refractivity contribution in [3.8, 4) is 11.1 Å². The maximum absolute atomic E-state index is 13.0. The van der Waals surface area contributed by atoms with Crippen LogP contribution in [0.25, 0.3) is 11.1 Å². The number of esters is 1. The van der Waals surface area contributed by atoms with Crippen LogP contribution in [0.5, 0.6) is 0 Å². The predicted molar refractivity (Wildman–Crippen MR) is 144 cm³/mol. The van der Waals surface area contributed by atoms with Gasteiger partial charge in [0.2, 0.25) is 0 Å². The second-order valence-corrected chi connectivity index (χ2v) is 10.4. The quantitative estimate of drug-likeness (QED) is 0.205. The number of nitrogens with zero attached hydrogens (tertiary/aromatic N) is 2. The van der Waals surface area contributed by atoms with Crippen LogP contribution in [0.3, 0.4) is 0 Å². The number of amides is 1. The van der Waals surface area contributed by atoms with Crippen LogP contribution in [0.4, 0.5) is 5.69 Å². The van der Waals surface area contributed by atoms with Crippen LogP contribution in [0.15, 0.2) is 29.8 Å². The largest absolute Gasteiger partial charge is 0.462 e. The number of aromatic nitrogens is 1. The van der Waals surface area contributed by atoms with Crippen molar-refractivity contribution >= 4 is 58.2 Å². The van der Waals surface area contributed by atoms with Crippen molar-refractivity contribution in [1.82, 2.24) is 4.57 Å². The van der Waals surface area contributed by atoms with Crippen LogP contribution >= 0.6 is 34.5 Å². The van der Waals surface area contributed by atoms with E-state index in [0.717, 1.165) is 47.6 Å². The molecular formula is C27H25Cl2N3O3S. The number of nitrogens with one attached hydrogen (secondary N) is 1. The molecule has 1 aliphatic carbocycles. The van der Waals surface area contributed by atoms with E-state index in [1.165, 1.54) is 10.9 Å². The molecule has 186 valence electrons. The third-order valence-electron chi connectivity index (χ3n) is 6.15. The monoisotopic (exact) mass is 541 g/mol. The first-order valence-electron chi connectivity index (χ1n) is 11.6. The van der Waals surface area contributed by atoms with Gasteiger partial charge in [-0.3, -0.25) is 4.79 Å².